The van der Waals surface area contributed by atoms with Gasteiger partial charge in [-0.15, -0.1) is 0 Å². The van der Waals surface area contributed by atoms with E-state index < -0.39 is 4.92 Å². The third kappa shape index (κ3) is 2.52. The van der Waals surface area contributed by atoms with E-state index in [1.54, 1.807) is 6.07 Å². The van der Waals surface area contributed by atoms with E-state index in [-0.39, 0.29) is 18.5 Å². The molecule has 6 heteroatoms. The van der Waals surface area contributed by atoms with Crippen LogP contribution < -0.4 is 4.90 Å². The number of hydrogen-bond donors (Lipinski definition) is 1. The summed E-state index contributed by atoms with van der Waals surface area (Å²) in [6.07, 6.45) is 4.65. The van der Waals surface area contributed by atoms with Crippen LogP contribution in [-0.2, 0) is 0 Å². The number of nitro groups is 1. The first kappa shape index (κ1) is 11.8. The van der Waals surface area contributed by atoms with Crippen molar-refractivity contribution >= 4 is 11.5 Å². The Hall–Kier alpha value is -1.69. The Balaban J connectivity index is 2.17. The van der Waals surface area contributed by atoms with Gasteiger partial charge in [-0.05, 0) is 35.2 Å². The van der Waals surface area contributed by atoms with Crippen molar-refractivity contribution in [3.8, 4) is 0 Å². The van der Waals surface area contributed by atoms with Crippen molar-refractivity contribution in [2.24, 2.45) is 0 Å². The maximum atomic E-state index is 10.5. The molecule has 0 amide bonds. The number of nitrogens with zero attached hydrogens (tertiary/aromatic N) is 3. The molecule has 0 spiro atoms. The zero-order valence-corrected chi connectivity index (χ0v) is 9.45. The van der Waals surface area contributed by atoms with Gasteiger partial charge in [0.1, 0.15) is 0 Å². The van der Waals surface area contributed by atoms with Gasteiger partial charge in [0.15, 0.2) is 6.20 Å². The van der Waals surface area contributed by atoms with Crippen LogP contribution in [0.15, 0.2) is 18.3 Å². The van der Waals surface area contributed by atoms with Crippen molar-refractivity contribution in [1.82, 2.24) is 4.98 Å². The minimum Gasteiger partial charge on any atom is -0.394 e. The van der Waals surface area contributed by atoms with Gasteiger partial charge < -0.3 is 20.1 Å². The largest absolute Gasteiger partial charge is 0.394 e. The molecule has 1 aromatic rings. The van der Waals surface area contributed by atoms with E-state index in [1.807, 2.05) is 0 Å². The van der Waals surface area contributed by atoms with Gasteiger partial charge in [-0.25, -0.2) is 0 Å². The zero-order valence-electron chi connectivity index (χ0n) is 9.45. The summed E-state index contributed by atoms with van der Waals surface area (Å²) in [5.74, 6) is -0.147. The fourth-order valence-corrected chi connectivity index (χ4v) is 2.19. The van der Waals surface area contributed by atoms with Gasteiger partial charge in [-0.3, -0.25) is 0 Å². The summed E-state index contributed by atoms with van der Waals surface area (Å²) < 4.78 is 0. The second kappa shape index (κ2) is 5.09. The Morgan fingerprint density at radius 3 is 2.94 bits per heavy atom. The van der Waals surface area contributed by atoms with Gasteiger partial charge in [-0.2, -0.15) is 0 Å². The fraction of sp³-hybridized carbons (Fsp3) is 0.545. The van der Waals surface area contributed by atoms with Crippen molar-refractivity contribution in [2.45, 2.75) is 25.3 Å². The average Bonchev–Trinajstić information content (AvgIpc) is 2.39. The van der Waals surface area contributed by atoms with Crippen LogP contribution in [0, 0.1) is 10.1 Å². The highest BCUT2D eigenvalue weighted by molar-refractivity contribution is 5.47. The van der Waals surface area contributed by atoms with E-state index in [2.05, 4.69) is 9.88 Å². The molecule has 0 aromatic carbocycles. The number of hydrogen-bond acceptors (Lipinski definition) is 5. The number of aliphatic hydroxyl groups excluding tert-OH is 1. The van der Waals surface area contributed by atoms with Crippen LogP contribution in [0.3, 0.4) is 0 Å². The molecular weight excluding hydrogens is 222 g/mol. The second-order valence-electron chi connectivity index (χ2n) is 4.16. The van der Waals surface area contributed by atoms with Gasteiger partial charge in [-0.1, -0.05) is 0 Å². The molecule has 17 heavy (non-hydrogen) atoms. The van der Waals surface area contributed by atoms with Crippen molar-refractivity contribution in [1.29, 1.82) is 0 Å². The Kier molecular flexibility index (Phi) is 3.53. The first-order valence-corrected chi connectivity index (χ1v) is 5.70. The number of pyridine rings is 1. The maximum absolute atomic E-state index is 10.5. The SMILES string of the molecule is O=[N+]([O-])c1ccc(N2CCCC[C@H]2CO)cn1. The van der Waals surface area contributed by atoms with E-state index in [4.69, 9.17) is 0 Å². The van der Waals surface area contributed by atoms with Crippen LogP contribution in [0.4, 0.5) is 11.5 Å². The Morgan fingerprint density at radius 1 is 1.53 bits per heavy atom. The number of aliphatic hydroxyl groups is 1. The smallest absolute Gasteiger partial charge is 0.363 e. The summed E-state index contributed by atoms with van der Waals surface area (Å²) in [5, 5.41) is 19.8. The van der Waals surface area contributed by atoms with E-state index >= 15 is 0 Å². The van der Waals surface area contributed by atoms with Crippen molar-refractivity contribution in [3.63, 3.8) is 0 Å². The lowest BCUT2D eigenvalue weighted by Crippen LogP contribution is -2.41. The second-order valence-corrected chi connectivity index (χ2v) is 4.16. The minimum absolute atomic E-state index is 0.104. The molecule has 1 atom stereocenters. The summed E-state index contributed by atoms with van der Waals surface area (Å²) >= 11 is 0. The van der Waals surface area contributed by atoms with Crippen LogP contribution in [0.25, 0.3) is 0 Å². The molecule has 1 aromatic heterocycles. The zero-order chi connectivity index (χ0) is 12.3. The standard InChI is InChI=1S/C11H15N3O3/c15-8-10-3-1-2-6-13(10)9-4-5-11(12-7-9)14(16)17/h4-5,7,10,15H,1-3,6,8H2/t10-/m0/s1. The van der Waals surface area contributed by atoms with Crippen LogP contribution in [0.2, 0.25) is 0 Å². The summed E-state index contributed by atoms with van der Waals surface area (Å²) in [5.41, 5.74) is 0.842. The van der Waals surface area contributed by atoms with Gasteiger partial charge in [0.25, 0.3) is 0 Å². The summed E-state index contributed by atoms with van der Waals surface area (Å²) in [6, 6.07) is 3.20. The molecule has 0 saturated carbocycles. The molecule has 1 fully saturated rings. The molecule has 6 nitrogen and oxygen atoms in total. The molecule has 1 N–H and O–H groups in total. The Labute approximate surface area is 99.0 Å². The van der Waals surface area contributed by atoms with Crippen LogP contribution in [-0.4, -0.2) is 34.2 Å². The van der Waals surface area contributed by atoms with Gasteiger partial charge >= 0.3 is 5.82 Å². The first-order chi connectivity index (χ1) is 8.22. The van der Waals surface area contributed by atoms with Gasteiger partial charge in [0, 0.05) is 12.6 Å². The number of aromatic nitrogens is 1. The van der Waals surface area contributed by atoms with Gasteiger partial charge in [0.2, 0.25) is 0 Å². The molecule has 1 saturated heterocycles. The molecule has 2 heterocycles. The van der Waals surface area contributed by atoms with Crippen LogP contribution in [0.1, 0.15) is 19.3 Å². The summed E-state index contributed by atoms with van der Waals surface area (Å²) in [4.78, 5) is 15.9. The van der Waals surface area contributed by atoms with Crippen molar-refractivity contribution < 1.29 is 10.0 Å². The molecule has 1 aliphatic heterocycles. The lowest BCUT2D eigenvalue weighted by Gasteiger charge is -2.35. The minimum atomic E-state index is -0.510. The number of piperidine rings is 1. The average molecular weight is 237 g/mol. The topological polar surface area (TPSA) is 79.5 Å². The van der Waals surface area contributed by atoms with Gasteiger partial charge in [0.05, 0.1) is 18.3 Å². The van der Waals surface area contributed by atoms with E-state index in [9.17, 15) is 15.2 Å². The van der Waals surface area contributed by atoms with Crippen molar-refractivity contribution in [2.75, 3.05) is 18.1 Å². The molecule has 0 aliphatic carbocycles. The summed E-state index contributed by atoms with van der Waals surface area (Å²) in [7, 11) is 0. The molecule has 1 aliphatic rings. The normalized spacial score (nSPS) is 20.3. The van der Waals surface area contributed by atoms with Crippen LogP contribution >= 0.6 is 0 Å². The number of rotatable bonds is 3. The monoisotopic (exact) mass is 237 g/mol. The highest BCUT2D eigenvalue weighted by atomic mass is 16.6. The third-order valence-electron chi connectivity index (χ3n) is 3.09. The highest BCUT2D eigenvalue weighted by Crippen LogP contribution is 2.24. The van der Waals surface area contributed by atoms with Crippen molar-refractivity contribution in [3.05, 3.63) is 28.4 Å². The summed E-state index contributed by atoms with van der Waals surface area (Å²) in [6.45, 7) is 0.974. The van der Waals surface area contributed by atoms with E-state index in [1.165, 1.54) is 12.3 Å². The third-order valence-corrected chi connectivity index (χ3v) is 3.09. The molecular formula is C11H15N3O3. The van der Waals surface area contributed by atoms with E-state index in [0.29, 0.717) is 0 Å². The molecule has 92 valence electrons. The predicted octanol–water partition coefficient (Wildman–Crippen LogP) is 1.34. The quantitative estimate of drug-likeness (QED) is 0.634. The molecule has 2 rings (SSSR count). The predicted molar refractivity (Wildman–Crippen MR) is 63.0 cm³/mol. The Morgan fingerprint density at radius 2 is 2.35 bits per heavy atom. The highest BCUT2D eigenvalue weighted by Gasteiger charge is 2.23. The lowest BCUT2D eigenvalue weighted by molar-refractivity contribution is -0.389. The molecule has 0 radical (unpaired) electrons. The van der Waals surface area contributed by atoms with E-state index in [0.717, 1.165) is 31.5 Å². The molecule has 0 bridgehead atoms. The fourth-order valence-electron chi connectivity index (χ4n) is 2.19. The Bertz CT molecular complexity index is 393. The lowest BCUT2D eigenvalue weighted by atomic mass is 10.0. The first-order valence-electron chi connectivity index (χ1n) is 5.70. The maximum Gasteiger partial charge on any atom is 0.363 e. The number of anilines is 1. The molecule has 0 unspecified atom stereocenters. The van der Waals surface area contributed by atoms with Crippen LogP contribution in [0.5, 0.6) is 0 Å².